The molecular formula is C20H22ClFN2O3S. The lowest BCUT2D eigenvalue weighted by Gasteiger charge is -2.29. The summed E-state index contributed by atoms with van der Waals surface area (Å²) >= 11 is 5.90. The molecule has 2 unspecified atom stereocenters. The van der Waals surface area contributed by atoms with E-state index in [4.69, 9.17) is 11.6 Å². The molecule has 0 aliphatic heterocycles. The van der Waals surface area contributed by atoms with Crippen LogP contribution in [0.4, 0.5) is 10.1 Å². The zero-order valence-corrected chi connectivity index (χ0v) is 17.0. The second kappa shape index (κ2) is 8.59. The van der Waals surface area contributed by atoms with Crippen molar-refractivity contribution in [3.05, 3.63) is 58.9 Å². The van der Waals surface area contributed by atoms with Gasteiger partial charge in [-0.2, -0.15) is 0 Å². The van der Waals surface area contributed by atoms with E-state index in [1.807, 2.05) is 6.92 Å². The molecule has 0 bridgehead atoms. The van der Waals surface area contributed by atoms with Gasteiger partial charge < -0.3 is 5.32 Å². The van der Waals surface area contributed by atoms with E-state index in [-0.39, 0.29) is 17.5 Å². The van der Waals surface area contributed by atoms with E-state index in [2.05, 4.69) is 10.0 Å². The fourth-order valence-corrected chi connectivity index (χ4v) is 5.05. The summed E-state index contributed by atoms with van der Waals surface area (Å²) in [5.74, 6) is -1.26. The number of hydrogen-bond acceptors (Lipinski definition) is 3. The van der Waals surface area contributed by atoms with Crippen molar-refractivity contribution in [2.24, 2.45) is 5.92 Å². The minimum Gasteiger partial charge on any atom is -0.322 e. The predicted molar refractivity (Wildman–Crippen MR) is 108 cm³/mol. The third-order valence-corrected chi connectivity index (χ3v) is 6.72. The molecular weight excluding hydrogens is 403 g/mol. The topological polar surface area (TPSA) is 75.3 Å². The highest BCUT2D eigenvalue weighted by Crippen LogP contribution is 2.26. The lowest BCUT2D eigenvalue weighted by Crippen LogP contribution is -2.41. The molecule has 2 aromatic carbocycles. The molecule has 5 nitrogen and oxygen atoms in total. The highest BCUT2D eigenvalue weighted by molar-refractivity contribution is 7.89. The zero-order chi connectivity index (χ0) is 20.3. The van der Waals surface area contributed by atoms with Crippen LogP contribution >= 0.6 is 11.6 Å². The maximum atomic E-state index is 14.3. The van der Waals surface area contributed by atoms with Gasteiger partial charge in [-0.1, -0.05) is 37.4 Å². The van der Waals surface area contributed by atoms with Crippen LogP contribution in [0, 0.1) is 11.7 Å². The van der Waals surface area contributed by atoms with Crippen LogP contribution in [0.3, 0.4) is 0 Å². The maximum absolute atomic E-state index is 14.3. The summed E-state index contributed by atoms with van der Waals surface area (Å²) in [4.78, 5) is 11.9. The highest BCUT2D eigenvalue weighted by atomic mass is 35.5. The number of nitrogens with one attached hydrogen (secondary N) is 2. The molecule has 0 spiro atoms. The lowest BCUT2D eigenvalue weighted by atomic mass is 9.87. The van der Waals surface area contributed by atoms with Crippen molar-refractivity contribution >= 4 is 33.2 Å². The van der Waals surface area contributed by atoms with Crippen LogP contribution in [0.2, 0.25) is 5.02 Å². The first-order valence-corrected chi connectivity index (χ1v) is 11.0. The van der Waals surface area contributed by atoms with Crippen LogP contribution in [0.1, 0.15) is 43.0 Å². The van der Waals surface area contributed by atoms with E-state index >= 15 is 0 Å². The van der Waals surface area contributed by atoms with Crippen molar-refractivity contribution in [3.63, 3.8) is 0 Å². The molecule has 1 fully saturated rings. The first-order valence-electron chi connectivity index (χ1n) is 9.15. The van der Waals surface area contributed by atoms with Gasteiger partial charge >= 0.3 is 0 Å². The van der Waals surface area contributed by atoms with Crippen LogP contribution < -0.4 is 10.0 Å². The van der Waals surface area contributed by atoms with Crippen molar-refractivity contribution in [2.45, 2.75) is 43.5 Å². The first kappa shape index (κ1) is 20.8. The van der Waals surface area contributed by atoms with Crippen molar-refractivity contribution in [1.82, 2.24) is 4.72 Å². The molecule has 0 aromatic heterocycles. The minimum atomic E-state index is -4.09. The van der Waals surface area contributed by atoms with Gasteiger partial charge in [0.15, 0.2) is 0 Å². The quantitative estimate of drug-likeness (QED) is 0.737. The molecule has 1 aliphatic carbocycles. The number of rotatable bonds is 5. The number of sulfonamides is 1. The standard InChI is InChI=1S/C20H22ClFN2O3S/c1-13-5-2-3-8-18(13)24-28(26,27)19-11-14(9-10-17(19)22)20(25)23-16-7-4-6-15(21)12-16/h4,6-7,9-13,18,24H,2-3,5,8H2,1H3,(H,23,25). The van der Waals surface area contributed by atoms with Gasteiger partial charge in [-0.25, -0.2) is 17.5 Å². The van der Waals surface area contributed by atoms with Crippen LogP contribution in [0.15, 0.2) is 47.4 Å². The molecule has 0 saturated heterocycles. The predicted octanol–water partition coefficient (Wildman–Crippen LogP) is 4.59. The molecule has 1 amide bonds. The normalized spacial score (nSPS) is 20.0. The van der Waals surface area contributed by atoms with Crippen molar-refractivity contribution in [1.29, 1.82) is 0 Å². The van der Waals surface area contributed by atoms with Crippen molar-refractivity contribution in [3.8, 4) is 0 Å². The SMILES string of the molecule is CC1CCCCC1NS(=O)(=O)c1cc(C(=O)Nc2cccc(Cl)c2)ccc1F. The second-order valence-corrected chi connectivity index (χ2v) is 9.22. The average Bonchev–Trinajstić information content (AvgIpc) is 2.63. The summed E-state index contributed by atoms with van der Waals surface area (Å²) < 4.78 is 42.4. The number of amides is 1. The van der Waals surface area contributed by atoms with E-state index in [9.17, 15) is 17.6 Å². The van der Waals surface area contributed by atoms with Gasteiger partial charge in [0.1, 0.15) is 10.7 Å². The summed E-state index contributed by atoms with van der Waals surface area (Å²) in [5, 5.41) is 3.07. The van der Waals surface area contributed by atoms with E-state index < -0.39 is 26.6 Å². The number of anilines is 1. The Kier molecular flexibility index (Phi) is 6.37. The van der Waals surface area contributed by atoms with Gasteiger partial charge in [0.2, 0.25) is 10.0 Å². The number of hydrogen-bond donors (Lipinski definition) is 2. The molecule has 2 N–H and O–H groups in total. The van der Waals surface area contributed by atoms with Crippen LogP contribution in [-0.4, -0.2) is 20.4 Å². The highest BCUT2D eigenvalue weighted by Gasteiger charge is 2.29. The van der Waals surface area contributed by atoms with Gasteiger partial charge in [0, 0.05) is 22.3 Å². The summed E-state index contributed by atoms with van der Waals surface area (Å²) in [5.41, 5.74) is 0.499. The molecule has 28 heavy (non-hydrogen) atoms. The Hall–Kier alpha value is -1.96. The van der Waals surface area contributed by atoms with Gasteiger partial charge in [0.05, 0.1) is 0 Å². The Labute approximate surface area is 169 Å². The lowest BCUT2D eigenvalue weighted by molar-refractivity contribution is 0.102. The smallest absolute Gasteiger partial charge is 0.255 e. The van der Waals surface area contributed by atoms with Gasteiger partial charge in [0.25, 0.3) is 5.91 Å². The van der Waals surface area contributed by atoms with Gasteiger partial charge in [-0.05, 0) is 55.2 Å². The molecule has 150 valence electrons. The van der Waals surface area contributed by atoms with E-state index in [0.717, 1.165) is 37.8 Å². The number of carbonyl (C=O) groups is 1. The number of carbonyl (C=O) groups excluding carboxylic acids is 1. The molecule has 8 heteroatoms. The number of halogens is 2. The Morgan fingerprint density at radius 3 is 2.61 bits per heavy atom. The molecule has 0 radical (unpaired) electrons. The minimum absolute atomic E-state index is 0.0402. The molecule has 2 atom stereocenters. The fraction of sp³-hybridized carbons (Fsp3) is 0.350. The molecule has 3 rings (SSSR count). The molecule has 1 aliphatic rings. The third-order valence-electron chi connectivity index (χ3n) is 4.98. The van der Waals surface area contributed by atoms with E-state index in [1.54, 1.807) is 24.3 Å². The van der Waals surface area contributed by atoms with Crippen LogP contribution in [-0.2, 0) is 10.0 Å². The summed E-state index contributed by atoms with van der Waals surface area (Å²) in [7, 11) is -4.09. The summed E-state index contributed by atoms with van der Waals surface area (Å²) in [6, 6.07) is 9.62. The molecule has 1 saturated carbocycles. The Morgan fingerprint density at radius 2 is 1.89 bits per heavy atom. The molecule has 0 heterocycles. The zero-order valence-electron chi connectivity index (χ0n) is 15.4. The third kappa shape index (κ3) is 4.90. The Balaban J connectivity index is 1.83. The molecule has 2 aromatic rings. The van der Waals surface area contributed by atoms with Crippen LogP contribution in [0.25, 0.3) is 0 Å². The largest absolute Gasteiger partial charge is 0.322 e. The monoisotopic (exact) mass is 424 g/mol. The Morgan fingerprint density at radius 1 is 1.14 bits per heavy atom. The van der Waals surface area contributed by atoms with Crippen molar-refractivity contribution < 1.29 is 17.6 Å². The average molecular weight is 425 g/mol. The van der Waals surface area contributed by atoms with Gasteiger partial charge in [-0.15, -0.1) is 0 Å². The summed E-state index contributed by atoms with van der Waals surface area (Å²) in [6.45, 7) is 1.98. The fourth-order valence-electron chi connectivity index (χ4n) is 3.37. The van der Waals surface area contributed by atoms with Gasteiger partial charge in [-0.3, -0.25) is 4.79 Å². The summed E-state index contributed by atoms with van der Waals surface area (Å²) in [6.07, 6.45) is 3.64. The van der Waals surface area contributed by atoms with E-state index in [1.165, 1.54) is 6.07 Å². The Bertz CT molecular complexity index is 981. The number of benzene rings is 2. The van der Waals surface area contributed by atoms with E-state index in [0.29, 0.717) is 10.7 Å². The van der Waals surface area contributed by atoms with Crippen LogP contribution in [0.5, 0.6) is 0 Å². The maximum Gasteiger partial charge on any atom is 0.255 e. The van der Waals surface area contributed by atoms with Crippen molar-refractivity contribution in [2.75, 3.05) is 5.32 Å². The second-order valence-electron chi connectivity index (χ2n) is 7.10. The first-order chi connectivity index (χ1) is 13.3.